The van der Waals surface area contributed by atoms with E-state index in [1.165, 1.54) is 5.56 Å². The van der Waals surface area contributed by atoms with E-state index in [4.69, 9.17) is 14.2 Å². The summed E-state index contributed by atoms with van der Waals surface area (Å²) in [6.45, 7) is 11.5. The van der Waals surface area contributed by atoms with Crippen molar-refractivity contribution in [2.75, 3.05) is 6.61 Å². The SMILES string of the molecule is C=C[C@H]1C[C@](C)(COCc2ccccc2)[C@H]2OC(C)(C)O[C@@H]12. The van der Waals surface area contributed by atoms with Crippen molar-refractivity contribution in [3.05, 3.63) is 48.6 Å². The smallest absolute Gasteiger partial charge is 0.163 e. The molecule has 4 atom stereocenters. The first-order valence-electron chi connectivity index (χ1n) is 8.03. The van der Waals surface area contributed by atoms with Crippen LogP contribution >= 0.6 is 0 Å². The first-order chi connectivity index (χ1) is 10.4. The molecule has 0 unspecified atom stereocenters. The average Bonchev–Trinajstić information content (AvgIpc) is 2.93. The lowest BCUT2D eigenvalue weighted by Crippen LogP contribution is -2.37. The molecule has 3 rings (SSSR count). The van der Waals surface area contributed by atoms with E-state index in [1.807, 2.05) is 38.1 Å². The Hall–Kier alpha value is -1.16. The summed E-state index contributed by atoms with van der Waals surface area (Å²) < 4.78 is 18.3. The summed E-state index contributed by atoms with van der Waals surface area (Å²) in [5, 5.41) is 0. The van der Waals surface area contributed by atoms with Gasteiger partial charge in [0, 0.05) is 11.3 Å². The maximum atomic E-state index is 6.17. The van der Waals surface area contributed by atoms with Crippen molar-refractivity contribution in [3.8, 4) is 0 Å². The summed E-state index contributed by atoms with van der Waals surface area (Å²) in [4.78, 5) is 0. The van der Waals surface area contributed by atoms with Crippen LogP contribution in [0.3, 0.4) is 0 Å². The first-order valence-corrected chi connectivity index (χ1v) is 8.03. The average molecular weight is 302 g/mol. The third-order valence-corrected chi connectivity index (χ3v) is 4.79. The van der Waals surface area contributed by atoms with Gasteiger partial charge in [-0.05, 0) is 25.8 Å². The van der Waals surface area contributed by atoms with Gasteiger partial charge in [0.15, 0.2) is 5.79 Å². The zero-order valence-corrected chi connectivity index (χ0v) is 13.7. The second-order valence-corrected chi connectivity index (χ2v) is 7.26. The van der Waals surface area contributed by atoms with Gasteiger partial charge in [0.05, 0.1) is 25.4 Å². The first kappa shape index (κ1) is 15.7. The molecule has 2 fully saturated rings. The number of hydrogen-bond acceptors (Lipinski definition) is 3. The molecule has 0 amide bonds. The fraction of sp³-hybridized carbons (Fsp3) is 0.579. The molecule has 0 radical (unpaired) electrons. The predicted molar refractivity (Wildman–Crippen MR) is 86.3 cm³/mol. The third-order valence-electron chi connectivity index (χ3n) is 4.79. The Labute approximate surface area is 133 Å². The van der Waals surface area contributed by atoms with Gasteiger partial charge in [-0.3, -0.25) is 0 Å². The van der Waals surface area contributed by atoms with E-state index in [0.29, 0.717) is 19.1 Å². The van der Waals surface area contributed by atoms with Gasteiger partial charge in [0.1, 0.15) is 0 Å². The van der Waals surface area contributed by atoms with Crippen LogP contribution in [-0.2, 0) is 20.8 Å². The van der Waals surface area contributed by atoms with Crippen LogP contribution in [-0.4, -0.2) is 24.6 Å². The van der Waals surface area contributed by atoms with Gasteiger partial charge in [0.2, 0.25) is 0 Å². The van der Waals surface area contributed by atoms with Gasteiger partial charge in [-0.2, -0.15) is 0 Å². The molecular weight excluding hydrogens is 276 g/mol. The van der Waals surface area contributed by atoms with Crippen molar-refractivity contribution in [2.24, 2.45) is 11.3 Å². The number of fused-ring (bicyclic) bond motifs is 1. The van der Waals surface area contributed by atoms with Crippen LogP contribution in [0.2, 0.25) is 0 Å². The maximum absolute atomic E-state index is 6.17. The lowest BCUT2D eigenvalue weighted by Gasteiger charge is -2.31. The zero-order valence-electron chi connectivity index (χ0n) is 13.7. The molecule has 3 nitrogen and oxygen atoms in total. The van der Waals surface area contributed by atoms with Gasteiger partial charge >= 0.3 is 0 Å². The van der Waals surface area contributed by atoms with Crippen LogP contribution in [0.25, 0.3) is 0 Å². The second-order valence-electron chi connectivity index (χ2n) is 7.26. The van der Waals surface area contributed by atoms with E-state index >= 15 is 0 Å². The molecule has 2 aliphatic rings. The minimum absolute atomic E-state index is 0.0356. The quantitative estimate of drug-likeness (QED) is 0.771. The number of hydrogen-bond donors (Lipinski definition) is 0. The molecule has 22 heavy (non-hydrogen) atoms. The topological polar surface area (TPSA) is 27.7 Å². The monoisotopic (exact) mass is 302 g/mol. The summed E-state index contributed by atoms with van der Waals surface area (Å²) in [6, 6.07) is 10.3. The van der Waals surface area contributed by atoms with Gasteiger partial charge < -0.3 is 14.2 Å². The molecule has 120 valence electrons. The predicted octanol–water partition coefficient (Wildman–Crippen LogP) is 3.94. The lowest BCUT2D eigenvalue weighted by atomic mass is 9.86. The van der Waals surface area contributed by atoms with Crippen LogP contribution < -0.4 is 0 Å². The Balaban J connectivity index is 1.65. The molecule has 1 heterocycles. The standard InChI is InChI=1S/C19H26O3/c1-5-15-11-19(4,17-16(15)21-18(2,3)22-17)13-20-12-14-9-7-6-8-10-14/h5-10,15-17H,1,11-13H2,2-4H3/t15-,16-,17-,19+/m0/s1. The Bertz CT molecular complexity index is 525. The van der Waals surface area contributed by atoms with Crippen LogP contribution in [0.15, 0.2) is 43.0 Å². The Morgan fingerprint density at radius 2 is 1.95 bits per heavy atom. The molecule has 0 N–H and O–H groups in total. The van der Waals surface area contributed by atoms with E-state index < -0.39 is 5.79 Å². The molecule has 3 heteroatoms. The zero-order chi connectivity index (χ0) is 15.8. The number of benzene rings is 1. The molecule has 1 saturated heterocycles. The van der Waals surface area contributed by atoms with Crippen LogP contribution in [0.5, 0.6) is 0 Å². The molecular formula is C19H26O3. The van der Waals surface area contributed by atoms with Crippen LogP contribution in [0.4, 0.5) is 0 Å². The summed E-state index contributed by atoms with van der Waals surface area (Å²) in [7, 11) is 0. The third kappa shape index (κ3) is 2.98. The van der Waals surface area contributed by atoms with E-state index in [0.717, 1.165) is 6.42 Å². The minimum atomic E-state index is -0.516. The van der Waals surface area contributed by atoms with Crippen molar-refractivity contribution >= 4 is 0 Å². The normalized spacial score (nSPS) is 36.2. The van der Waals surface area contributed by atoms with Crippen molar-refractivity contribution in [2.45, 2.75) is 51.8 Å². The number of rotatable bonds is 5. The van der Waals surface area contributed by atoms with Crippen LogP contribution in [0.1, 0.15) is 32.8 Å². The van der Waals surface area contributed by atoms with Crippen molar-refractivity contribution < 1.29 is 14.2 Å². The van der Waals surface area contributed by atoms with E-state index in [9.17, 15) is 0 Å². The molecule has 1 aliphatic heterocycles. The highest BCUT2D eigenvalue weighted by Crippen LogP contribution is 2.51. The fourth-order valence-corrected chi connectivity index (χ4v) is 3.75. The molecule has 1 aromatic carbocycles. The maximum Gasteiger partial charge on any atom is 0.163 e. The highest BCUT2D eigenvalue weighted by molar-refractivity contribution is 5.14. The van der Waals surface area contributed by atoms with E-state index in [2.05, 4.69) is 25.6 Å². The Kier molecular flexibility index (Phi) is 4.15. The molecule has 0 bridgehead atoms. The summed E-state index contributed by atoms with van der Waals surface area (Å²) >= 11 is 0. The van der Waals surface area contributed by atoms with E-state index in [1.54, 1.807) is 0 Å². The van der Waals surface area contributed by atoms with Gasteiger partial charge in [-0.1, -0.05) is 43.3 Å². The summed E-state index contributed by atoms with van der Waals surface area (Å²) in [5.74, 6) is -0.186. The highest BCUT2D eigenvalue weighted by atomic mass is 16.8. The van der Waals surface area contributed by atoms with Gasteiger partial charge in [-0.25, -0.2) is 0 Å². The lowest BCUT2D eigenvalue weighted by molar-refractivity contribution is -0.172. The van der Waals surface area contributed by atoms with E-state index in [-0.39, 0.29) is 17.6 Å². The van der Waals surface area contributed by atoms with Gasteiger partial charge in [0.25, 0.3) is 0 Å². The molecule has 1 aliphatic carbocycles. The molecule has 0 spiro atoms. The summed E-state index contributed by atoms with van der Waals surface area (Å²) in [5.41, 5.74) is 1.16. The van der Waals surface area contributed by atoms with Crippen molar-refractivity contribution in [3.63, 3.8) is 0 Å². The Morgan fingerprint density at radius 3 is 2.64 bits per heavy atom. The summed E-state index contributed by atoms with van der Waals surface area (Å²) in [6.07, 6.45) is 3.17. The highest BCUT2D eigenvalue weighted by Gasteiger charge is 2.58. The largest absolute Gasteiger partial charge is 0.376 e. The van der Waals surface area contributed by atoms with Crippen molar-refractivity contribution in [1.29, 1.82) is 0 Å². The molecule has 0 aromatic heterocycles. The fourth-order valence-electron chi connectivity index (χ4n) is 3.75. The second kappa shape index (κ2) is 5.80. The Morgan fingerprint density at radius 1 is 1.23 bits per heavy atom. The minimum Gasteiger partial charge on any atom is -0.376 e. The van der Waals surface area contributed by atoms with Crippen LogP contribution in [0, 0.1) is 11.3 Å². The van der Waals surface area contributed by atoms with Crippen molar-refractivity contribution in [1.82, 2.24) is 0 Å². The molecule has 1 saturated carbocycles. The number of ether oxygens (including phenoxy) is 3. The molecule has 1 aromatic rings. The van der Waals surface area contributed by atoms with Gasteiger partial charge in [-0.15, -0.1) is 6.58 Å².